The summed E-state index contributed by atoms with van der Waals surface area (Å²) in [4.78, 5) is 19.8. The van der Waals surface area contributed by atoms with Crippen LogP contribution in [0.3, 0.4) is 0 Å². The number of hydrogen-bond donors (Lipinski definition) is 1. The Hall–Kier alpha value is -1.62. The highest BCUT2D eigenvalue weighted by Crippen LogP contribution is 2.23. The van der Waals surface area contributed by atoms with Crippen molar-refractivity contribution < 1.29 is 4.79 Å². The minimum atomic E-state index is -0.0755. The molecule has 0 radical (unpaired) electrons. The van der Waals surface area contributed by atoms with Gasteiger partial charge in [-0.2, -0.15) is 0 Å². The van der Waals surface area contributed by atoms with E-state index in [4.69, 9.17) is 5.73 Å². The van der Waals surface area contributed by atoms with Crippen LogP contribution in [-0.4, -0.2) is 42.5 Å². The molecular formula is C12H18N4O. The van der Waals surface area contributed by atoms with E-state index in [1.54, 1.807) is 11.1 Å². The molecule has 92 valence electrons. The van der Waals surface area contributed by atoms with Gasteiger partial charge >= 0.3 is 0 Å². The highest BCUT2D eigenvalue weighted by Gasteiger charge is 2.24. The van der Waals surface area contributed by atoms with Crippen molar-refractivity contribution in [2.24, 2.45) is 5.73 Å². The van der Waals surface area contributed by atoms with Crippen molar-refractivity contribution in [3.8, 4) is 0 Å². The molecule has 1 unspecified atom stereocenters. The molecule has 1 aromatic heterocycles. The van der Waals surface area contributed by atoms with Crippen LogP contribution in [0.4, 0.5) is 5.82 Å². The third kappa shape index (κ3) is 2.39. The van der Waals surface area contributed by atoms with E-state index in [9.17, 15) is 4.79 Å². The van der Waals surface area contributed by atoms with Crippen molar-refractivity contribution in [2.75, 3.05) is 31.6 Å². The van der Waals surface area contributed by atoms with E-state index in [2.05, 4.69) is 4.98 Å². The van der Waals surface area contributed by atoms with Gasteiger partial charge in [0.25, 0.3) is 0 Å². The van der Waals surface area contributed by atoms with E-state index < -0.39 is 0 Å². The molecule has 1 aromatic rings. The molecule has 0 bridgehead atoms. The lowest BCUT2D eigenvalue weighted by molar-refractivity contribution is -0.129. The standard InChI is InChI=1S/C12H18N4O/c1-9(13)10-4-3-5-14-12(10)16-7-6-15(2)11(17)8-16/h3-5,9H,6-8,13H2,1-2H3. The second-order valence-corrected chi connectivity index (χ2v) is 4.44. The molecule has 1 saturated heterocycles. The third-order valence-electron chi connectivity index (χ3n) is 3.06. The molecule has 2 heterocycles. The average molecular weight is 234 g/mol. The minimum absolute atomic E-state index is 0.0755. The zero-order valence-electron chi connectivity index (χ0n) is 10.3. The van der Waals surface area contributed by atoms with Gasteiger partial charge in [0, 0.05) is 37.9 Å². The molecule has 0 aromatic carbocycles. The molecule has 0 aliphatic carbocycles. The number of carbonyl (C=O) groups excluding carboxylic acids is 1. The normalized spacial score (nSPS) is 18.4. The molecule has 17 heavy (non-hydrogen) atoms. The van der Waals surface area contributed by atoms with E-state index in [0.29, 0.717) is 6.54 Å². The molecule has 1 aliphatic heterocycles. The van der Waals surface area contributed by atoms with Crippen molar-refractivity contribution in [1.82, 2.24) is 9.88 Å². The quantitative estimate of drug-likeness (QED) is 0.803. The Balaban J connectivity index is 2.25. The first-order valence-corrected chi connectivity index (χ1v) is 5.79. The van der Waals surface area contributed by atoms with Gasteiger partial charge in [0.1, 0.15) is 5.82 Å². The molecule has 0 spiro atoms. The lowest BCUT2D eigenvalue weighted by atomic mass is 10.1. The topological polar surface area (TPSA) is 62.5 Å². The van der Waals surface area contributed by atoms with Crippen molar-refractivity contribution in [3.05, 3.63) is 23.9 Å². The molecule has 1 atom stereocenters. The van der Waals surface area contributed by atoms with Gasteiger partial charge < -0.3 is 15.5 Å². The van der Waals surface area contributed by atoms with Crippen LogP contribution in [-0.2, 0) is 4.79 Å². The van der Waals surface area contributed by atoms with Gasteiger partial charge in [-0.3, -0.25) is 4.79 Å². The van der Waals surface area contributed by atoms with Crippen LogP contribution in [0, 0.1) is 0 Å². The number of carbonyl (C=O) groups is 1. The molecule has 1 amide bonds. The van der Waals surface area contributed by atoms with E-state index in [-0.39, 0.29) is 11.9 Å². The summed E-state index contributed by atoms with van der Waals surface area (Å²) in [6.07, 6.45) is 1.74. The summed E-state index contributed by atoms with van der Waals surface area (Å²) in [6.45, 7) is 3.85. The molecule has 5 heteroatoms. The largest absolute Gasteiger partial charge is 0.345 e. The van der Waals surface area contributed by atoms with E-state index in [1.807, 2.05) is 31.0 Å². The number of aromatic nitrogens is 1. The van der Waals surface area contributed by atoms with Gasteiger partial charge in [-0.25, -0.2) is 4.98 Å². The lowest BCUT2D eigenvalue weighted by Crippen LogP contribution is -2.49. The maximum Gasteiger partial charge on any atom is 0.241 e. The zero-order chi connectivity index (χ0) is 12.4. The number of rotatable bonds is 2. The van der Waals surface area contributed by atoms with Gasteiger partial charge in [-0.1, -0.05) is 6.07 Å². The van der Waals surface area contributed by atoms with Crippen molar-refractivity contribution in [1.29, 1.82) is 0 Å². The maximum atomic E-state index is 11.7. The number of piperazine rings is 1. The van der Waals surface area contributed by atoms with Crippen LogP contribution in [0.2, 0.25) is 0 Å². The Labute approximate surface area is 101 Å². The van der Waals surface area contributed by atoms with Crippen LogP contribution in [0.5, 0.6) is 0 Å². The molecule has 5 nitrogen and oxygen atoms in total. The number of pyridine rings is 1. The Morgan fingerprint density at radius 1 is 1.47 bits per heavy atom. The number of anilines is 1. The number of nitrogens with zero attached hydrogens (tertiary/aromatic N) is 3. The van der Waals surface area contributed by atoms with Crippen molar-refractivity contribution in [2.45, 2.75) is 13.0 Å². The highest BCUT2D eigenvalue weighted by atomic mass is 16.2. The SMILES string of the molecule is CC(N)c1cccnc1N1CCN(C)C(=O)C1. The fraction of sp³-hybridized carbons (Fsp3) is 0.500. The monoisotopic (exact) mass is 234 g/mol. The summed E-state index contributed by atoms with van der Waals surface area (Å²) in [7, 11) is 1.82. The second kappa shape index (κ2) is 4.71. The first kappa shape index (κ1) is 11.9. The smallest absolute Gasteiger partial charge is 0.241 e. The summed E-state index contributed by atoms with van der Waals surface area (Å²) in [5.74, 6) is 0.960. The van der Waals surface area contributed by atoms with E-state index in [0.717, 1.165) is 24.5 Å². The summed E-state index contributed by atoms with van der Waals surface area (Å²) in [6, 6.07) is 3.77. The lowest BCUT2D eigenvalue weighted by Gasteiger charge is -2.34. The number of nitrogens with two attached hydrogens (primary N) is 1. The maximum absolute atomic E-state index is 11.7. The Bertz CT molecular complexity index is 419. The molecule has 1 fully saturated rings. The summed E-state index contributed by atoms with van der Waals surface area (Å²) < 4.78 is 0. The first-order valence-electron chi connectivity index (χ1n) is 5.79. The zero-order valence-corrected chi connectivity index (χ0v) is 10.3. The van der Waals surface area contributed by atoms with E-state index >= 15 is 0 Å². The fourth-order valence-electron chi connectivity index (χ4n) is 1.97. The molecular weight excluding hydrogens is 216 g/mol. The summed E-state index contributed by atoms with van der Waals surface area (Å²) in [5.41, 5.74) is 6.91. The predicted molar refractivity (Wildman–Crippen MR) is 66.7 cm³/mol. The van der Waals surface area contributed by atoms with Gasteiger partial charge in [-0.15, -0.1) is 0 Å². The summed E-state index contributed by atoms with van der Waals surface area (Å²) in [5, 5.41) is 0. The van der Waals surface area contributed by atoms with Gasteiger partial charge in [0.2, 0.25) is 5.91 Å². The van der Waals surface area contributed by atoms with Crippen molar-refractivity contribution in [3.63, 3.8) is 0 Å². The van der Waals surface area contributed by atoms with Gasteiger partial charge in [0.15, 0.2) is 0 Å². The molecule has 1 aliphatic rings. The van der Waals surface area contributed by atoms with E-state index in [1.165, 1.54) is 0 Å². The van der Waals surface area contributed by atoms with Crippen LogP contribution in [0.15, 0.2) is 18.3 Å². The van der Waals surface area contributed by atoms with Gasteiger partial charge in [0.05, 0.1) is 6.54 Å². The predicted octanol–water partition coefficient (Wildman–Crippen LogP) is 0.380. The number of likely N-dealkylation sites (N-methyl/N-ethyl adjacent to an activating group) is 1. The van der Waals surface area contributed by atoms with Gasteiger partial charge in [-0.05, 0) is 13.0 Å². The highest BCUT2D eigenvalue weighted by molar-refractivity contribution is 5.82. The Morgan fingerprint density at radius 3 is 2.88 bits per heavy atom. The van der Waals surface area contributed by atoms with Crippen molar-refractivity contribution >= 4 is 11.7 Å². The Morgan fingerprint density at radius 2 is 2.24 bits per heavy atom. The molecule has 2 rings (SSSR count). The van der Waals surface area contributed by atoms with Crippen LogP contribution >= 0.6 is 0 Å². The second-order valence-electron chi connectivity index (χ2n) is 4.44. The molecule has 0 saturated carbocycles. The molecule has 2 N–H and O–H groups in total. The Kier molecular flexibility index (Phi) is 3.28. The first-order chi connectivity index (χ1) is 8.09. The number of amides is 1. The number of hydrogen-bond acceptors (Lipinski definition) is 4. The third-order valence-corrected chi connectivity index (χ3v) is 3.06. The van der Waals surface area contributed by atoms with Crippen LogP contribution in [0.1, 0.15) is 18.5 Å². The fourth-order valence-corrected chi connectivity index (χ4v) is 1.97. The summed E-state index contributed by atoms with van der Waals surface area (Å²) >= 11 is 0. The average Bonchev–Trinajstić information content (AvgIpc) is 2.32. The minimum Gasteiger partial charge on any atom is -0.345 e. The van der Waals surface area contributed by atoms with Crippen LogP contribution in [0.25, 0.3) is 0 Å². The van der Waals surface area contributed by atoms with Crippen LogP contribution < -0.4 is 10.6 Å².